The number of hydrogen-bond donors (Lipinski definition) is 0. The Balaban J connectivity index is 1.56. The number of rotatable bonds is 1. The van der Waals surface area contributed by atoms with Crippen LogP contribution >= 0.6 is 11.8 Å². The second kappa shape index (κ2) is 6.45. The molecule has 0 radical (unpaired) electrons. The number of ether oxygens (including phenoxy) is 1. The molecule has 5 aliphatic rings. The molecule has 1 saturated heterocycles. The van der Waals surface area contributed by atoms with E-state index in [-0.39, 0.29) is 38.5 Å². The van der Waals surface area contributed by atoms with Gasteiger partial charge in [-0.25, -0.2) is 0 Å². The first-order valence-corrected chi connectivity index (χ1v) is 12.2. The molecule has 0 N–H and O–H groups in total. The Bertz CT molecular complexity index is 818. The summed E-state index contributed by atoms with van der Waals surface area (Å²) in [6.07, 6.45) is 10.0. The van der Waals surface area contributed by atoms with E-state index in [1.807, 2.05) is 6.08 Å². The van der Waals surface area contributed by atoms with Gasteiger partial charge in [0.2, 0.25) is 0 Å². The van der Waals surface area contributed by atoms with Gasteiger partial charge in [0.1, 0.15) is 5.60 Å². The van der Waals surface area contributed by atoms with E-state index in [1.165, 1.54) is 17.3 Å². The highest BCUT2D eigenvalue weighted by atomic mass is 32.2. The molecule has 0 unspecified atom stereocenters. The van der Waals surface area contributed by atoms with Crippen LogP contribution in [0.15, 0.2) is 11.6 Å². The SMILES string of the molecule is CC(=O)S[C@H]1CC2=CC(=O)CC[C@]2(C)[C@@H]2CC[C@@]3(C)[C@H](CC[C@]34CCC(=O)O4)[C@@H]12. The van der Waals surface area contributed by atoms with Crippen LogP contribution in [0.25, 0.3) is 0 Å². The van der Waals surface area contributed by atoms with Crippen molar-refractivity contribution in [2.24, 2.45) is 28.6 Å². The van der Waals surface area contributed by atoms with E-state index in [2.05, 4.69) is 13.8 Å². The Labute approximate surface area is 177 Å². The summed E-state index contributed by atoms with van der Waals surface area (Å²) < 4.78 is 6.06. The number of thioether (sulfide) groups is 1. The lowest BCUT2D eigenvalue weighted by Crippen LogP contribution is -2.57. The van der Waals surface area contributed by atoms with E-state index in [4.69, 9.17) is 4.74 Å². The van der Waals surface area contributed by atoms with Gasteiger partial charge in [0.05, 0.1) is 0 Å². The number of carbonyl (C=O) groups excluding carboxylic acids is 3. The van der Waals surface area contributed by atoms with Crippen LogP contribution in [0, 0.1) is 28.6 Å². The van der Waals surface area contributed by atoms with Crippen molar-refractivity contribution in [1.82, 2.24) is 0 Å². The number of esters is 1. The van der Waals surface area contributed by atoms with Gasteiger partial charge >= 0.3 is 5.97 Å². The Morgan fingerprint density at radius 2 is 1.83 bits per heavy atom. The second-order valence-corrected chi connectivity index (χ2v) is 12.1. The fourth-order valence-electron chi connectivity index (χ4n) is 8.13. The number of fused-ring (bicyclic) bond motifs is 6. The number of carbonyl (C=O) groups is 3. The van der Waals surface area contributed by atoms with Gasteiger partial charge in [-0.2, -0.15) is 0 Å². The average Bonchev–Trinajstić information content (AvgIpc) is 3.17. The number of ketones is 1. The largest absolute Gasteiger partial charge is 0.458 e. The second-order valence-electron chi connectivity index (χ2n) is 10.7. The van der Waals surface area contributed by atoms with Gasteiger partial charge in [0.25, 0.3) is 0 Å². The molecule has 0 aromatic rings. The smallest absolute Gasteiger partial charge is 0.306 e. The Kier molecular flexibility index (Phi) is 4.41. The van der Waals surface area contributed by atoms with Crippen molar-refractivity contribution in [2.75, 3.05) is 0 Å². The molecule has 3 saturated carbocycles. The number of allylic oxidation sites excluding steroid dienone is 1. The maximum absolute atomic E-state index is 12.2. The number of hydrogen-bond acceptors (Lipinski definition) is 5. The highest BCUT2D eigenvalue weighted by molar-refractivity contribution is 8.14. The van der Waals surface area contributed by atoms with Crippen LogP contribution in [-0.4, -0.2) is 27.7 Å². The first-order valence-electron chi connectivity index (χ1n) is 11.3. The van der Waals surface area contributed by atoms with Crippen molar-refractivity contribution in [3.05, 3.63) is 11.6 Å². The minimum atomic E-state index is -0.287. The van der Waals surface area contributed by atoms with E-state index < -0.39 is 0 Å². The Hall–Kier alpha value is -1.10. The first kappa shape index (κ1) is 19.8. The van der Waals surface area contributed by atoms with Crippen LogP contribution in [0.1, 0.15) is 78.6 Å². The van der Waals surface area contributed by atoms with Gasteiger partial charge in [-0.15, -0.1) is 0 Å². The predicted molar refractivity (Wildman–Crippen MR) is 112 cm³/mol. The molecule has 4 nitrogen and oxygen atoms in total. The molecule has 0 amide bonds. The highest BCUT2D eigenvalue weighted by Gasteiger charge is 2.68. The summed E-state index contributed by atoms with van der Waals surface area (Å²) in [5.74, 6) is 1.67. The normalized spacial score (nSPS) is 48.6. The molecule has 7 atom stereocenters. The summed E-state index contributed by atoms with van der Waals surface area (Å²) in [4.78, 5) is 36.4. The molecule has 0 aromatic heterocycles. The summed E-state index contributed by atoms with van der Waals surface area (Å²) in [7, 11) is 0. The van der Waals surface area contributed by atoms with E-state index >= 15 is 0 Å². The van der Waals surface area contributed by atoms with Gasteiger partial charge in [0, 0.05) is 30.4 Å². The van der Waals surface area contributed by atoms with Crippen LogP contribution in [0.4, 0.5) is 0 Å². The lowest BCUT2D eigenvalue weighted by atomic mass is 9.46. The third-order valence-electron chi connectivity index (χ3n) is 9.61. The lowest BCUT2D eigenvalue weighted by molar-refractivity contribution is -0.167. The van der Waals surface area contributed by atoms with Gasteiger partial charge < -0.3 is 4.74 Å². The molecular weight excluding hydrogens is 384 g/mol. The molecule has 1 aliphatic heterocycles. The third kappa shape index (κ3) is 2.68. The van der Waals surface area contributed by atoms with E-state index in [1.54, 1.807) is 6.92 Å². The zero-order chi connectivity index (χ0) is 20.6. The standard InChI is InChI=1S/C24H32O4S/c1-14(25)29-19-13-15-12-16(26)4-8-22(15,2)17-5-9-23(3)18(21(17)19)6-10-24(23)11-7-20(27)28-24/h12,17-19,21H,4-11,13H2,1-3H3/t17-,18-,19+,21+,22+,23+,24+/m1/s1. The molecule has 158 valence electrons. The average molecular weight is 417 g/mol. The van der Waals surface area contributed by atoms with E-state index in [0.29, 0.717) is 30.6 Å². The molecule has 5 rings (SSSR count). The maximum atomic E-state index is 12.2. The Morgan fingerprint density at radius 1 is 1.07 bits per heavy atom. The molecular formula is C24H32O4S. The summed E-state index contributed by atoms with van der Waals surface area (Å²) in [5.41, 5.74) is 1.09. The Morgan fingerprint density at radius 3 is 2.52 bits per heavy atom. The molecule has 1 spiro atoms. The van der Waals surface area contributed by atoms with Crippen molar-refractivity contribution in [2.45, 2.75) is 89.4 Å². The van der Waals surface area contributed by atoms with E-state index in [0.717, 1.165) is 44.9 Å². The van der Waals surface area contributed by atoms with Gasteiger partial charge in [-0.3, -0.25) is 14.4 Å². The van der Waals surface area contributed by atoms with Crippen molar-refractivity contribution in [3.8, 4) is 0 Å². The molecule has 29 heavy (non-hydrogen) atoms. The summed E-state index contributed by atoms with van der Waals surface area (Å²) in [6.45, 7) is 6.42. The van der Waals surface area contributed by atoms with Crippen LogP contribution in [0.5, 0.6) is 0 Å². The zero-order valence-electron chi connectivity index (χ0n) is 17.8. The minimum Gasteiger partial charge on any atom is -0.458 e. The van der Waals surface area contributed by atoms with Crippen LogP contribution in [0.2, 0.25) is 0 Å². The van der Waals surface area contributed by atoms with Crippen molar-refractivity contribution >= 4 is 28.6 Å². The molecule has 5 heteroatoms. The van der Waals surface area contributed by atoms with Gasteiger partial charge in [-0.05, 0) is 74.2 Å². The van der Waals surface area contributed by atoms with Crippen LogP contribution in [-0.2, 0) is 19.1 Å². The maximum Gasteiger partial charge on any atom is 0.306 e. The molecule has 0 bridgehead atoms. The minimum absolute atomic E-state index is 0.0119. The molecule has 4 fully saturated rings. The fourth-order valence-corrected chi connectivity index (χ4v) is 9.36. The van der Waals surface area contributed by atoms with Gasteiger partial charge in [0.15, 0.2) is 10.9 Å². The van der Waals surface area contributed by atoms with Crippen molar-refractivity contribution in [1.29, 1.82) is 0 Å². The van der Waals surface area contributed by atoms with Crippen molar-refractivity contribution < 1.29 is 19.1 Å². The molecule has 0 aromatic carbocycles. The molecule has 1 heterocycles. The fraction of sp³-hybridized carbons (Fsp3) is 0.792. The lowest BCUT2D eigenvalue weighted by Gasteiger charge is -2.61. The third-order valence-corrected chi connectivity index (χ3v) is 10.7. The highest BCUT2D eigenvalue weighted by Crippen LogP contribution is 2.70. The van der Waals surface area contributed by atoms with Crippen LogP contribution < -0.4 is 0 Å². The summed E-state index contributed by atoms with van der Waals surface area (Å²) >= 11 is 1.50. The summed E-state index contributed by atoms with van der Waals surface area (Å²) in [6, 6.07) is 0. The summed E-state index contributed by atoms with van der Waals surface area (Å²) in [5, 5.41) is 0.409. The first-order chi connectivity index (χ1) is 13.7. The quantitative estimate of drug-likeness (QED) is 0.572. The molecule has 4 aliphatic carbocycles. The monoisotopic (exact) mass is 416 g/mol. The predicted octanol–water partition coefficient (Wildman–Crippen LogP) is 4.85. The topological polar surface area (TPSA) is 60.4 Å². The van der Waals surface area contributed by atoms with Crippen molar-refractivity contribution in [3.63, 3.8) is 0 Å². The zero-order valence-corrected chi connectivity index (χ0v) is 18.6. The van der Waals surface area contributed by atoms with Gasteiger partial charge in [-0.1, -0.05) is 31.2 Å². The van der Waals surface area contributed by atoms with E-state index in [9.17, 15) is 14.4 Å². The van der Waals surface area contributed by atoms with Crippen LogP contribution in [0.3, 0.4) is 0 Å².